The number of rotatable bonds is 12. The van der Waals surface area contributed by atoms with Crippen LogP contribution in [0.25, 0.3) is 22.6 Å². The van der Waals surface area contributed by atoms with Crippen LogP contribution in [0.3, 0.4) is 0 Å². The Balaban J connectivity index is 0.00000282. The largest absolute Gasteiger partial charge is 0.497 e. The third kappa shape index (κ3) is 8.40. The van der Waals surface area contributed by atoms with Crippen LogP contribution in [0, 0.1) is 6.92 Å². The summed E-state index contributed by atoms with van der Waals surface area (Å²) in [5.74, 6) is -3.12. The zero-order valence-corrected chi connectivity index (χ0v) is 27.6. The summed E-state index contributed by atoms with van der Waals surface area (Å²) in [5.41, 5.74) is 5.96. The number of benzene rings is 4. The van der Waals surface area contributed by atoms with E-state index in [2.05, 4.69) is 23.8 Å². The maximum atomic E-state index is 14.5. The van der Waals surface area contributed by atoms with E-state index >= 15 is 0 Å². The Bertz CT molecular complexity index is 1700. The highest BCUT2D eigenvalue weighted by Crippen LogP contribution is 2.40. The Labute approximate surface area is 275 Å². The molecular weight excluding hydrogens is 609 g/mol. The molecule has 0 saturated carbocycles. The lowest BCUT2D eigenvalue weighted by molar-refractivity contribution is 0.0159. The van der Waals surface area contributed by atoms with Gasteiger partial charge in [-0.15, -0.1) is 0 Å². The van der Waals surface area contributed by atoms with Crippen LogP contribution in [-0.2, 0) is 10.7 Å². The van der Waals surface area contributed by atoms with E-state index in [0.29, 0.717) is 64.3 Å². The summed E-state index contributed by atoms with van der Waals surface area (Å²) in [4.78, 5) is 13.6. The summed E-state index contributed by atoms with van der Waals surface area (Å²) >= 11 is 6.81. The second-order valence-electron chi connectivity index (χ2n) is 10.8. The summed E-state index contributed by atoms with van der Waals surface area (Å²) in [5, 5.41) is 6.87. The van der Waals surface area contributed by atoms with E-state index < -0.39 is 17.9 Å². The fourth-order valence-electron chi connectivity index (χ4n) is 5.27. The molecule has 4 aromatic carbocycles. The Hall–Kier alpha value is -4.49. The normalized spacial score (nSPS) is 11.5. The average Bonchev–Trinajstić information content (AvgIpc) is 3.05. The summed E-state index contributed by atoms with van der Waals surface area (Å²) in [6, 6.07) is 24.4. The second-order valence-corrected chi connectivity index (χ2v) is 11.2. The predicted octanol–water partition coefficient (Wildman–Crippen LogP) is 11.0. The SMILES string of the molecule is C=C(OC)c1cc(C(=O)NC(CCC)c2ccccc2C(C)(F)F)ccc1-c1c(Cl)cccc1C(=C)Nc1ccccc1C.CF. The first-order valence-electron chi connectivity index (χ1n) is 14.8. The monoisotopic (exact) mass is 648 g/mol. The van der Waals surface area contributed by atoms with Crippen LogP contribution in [0.15, 0.2) is 98.1 Å². The minimum atomic E-state index is -3.05. The number of hydrogen-bond donors (Lipinski definition) is 2. The number of aryl methyl sites for hydroxylation is 1. The van der Waals surface area contributed by atoms with Crippen LogP contribution in [0.2, 0.25) is 5.02 Å². The first-order valence-corrected chi connectivity index (χ1v) is 15.2. The zero-order valence-electron chi connectivity index (χ0n) is 26.8. The quantitative estimate of drug-likeness (QED) is 0.150. The molecular formula is C38H40ClF3N2O2. The van der Waals surface area contributed by atoms with Crippen LogP contribution in [-0.4, -0.2) is 20.2 Å². The first kappa shape index (κ1) is 36.0. The summed E-state index contributed by atoms with van der Waals surface area (Å²) in [6.07, 6.45) is 1.18. The highest BCUT2D eigenvalue weighted by molar-refractivity contribution is 6.34. The molecule has 8 heteroatoms. The Morgan fingerprint density at radius 3 is 2.28 bits per heavy atom. The number of carbonyl (C=O) groups is 1. The van der Waals surface area contributed by atoms with Crippen LogP contribution >= 0.6 is 11.6 Å². The van der Waals surface area contributed by atoms with Crippen LogP contribution in [0.1, 0.15) is 70.9 Å². The van der Waals surface area contributed by atoms with E-state index in [0.717, 1.165) is 23.7 Å². The lowest BCUT2D eigenvalue weighted by Gasteiger charge is -2.24. The number of para-hydroxylation sites is 1. The lowest BCUT2D eigenvalue weighted by atomic mass is 9.91. The number of nitrogens with one attached hydrogen (secondary N) is 2. The average molecular weight is 649 g/mol. The molecule has 0 radical (unpaired) electrons. The van der Waals surface area contributed by atoms with Gasteiger partial charge >= 0.3 is 0 Å². The topological polar surface area (TPSA) is 50.4 Å². The van der Waals surface area contributed by atoms with Gasteiger partial charge in [0, 0.05) is 51.1 Å². The van der Waals surface area contributed by atoms with Gasteiger partial charge in [-0.3, -0.25) is 9.18 Å². The number of hydrogen-bond acceptors (Lipinski definition) is 3. The Morgan fingerprint density at radius 1 is 0.957 bits per heavy atom. The van der Waals surface area contributed by atoms with Gasteiger partial charge in [0.25, 0.3) is 11.8 Å². The molecule has 46 heavy (non-hydrogen) atoms. The van der Waals surface area contributed by atoms with Crippen LogP contribution < -0.4 is 10.6 Å². The van der Waals surface area contributed by atoms with Gasteiger partial charge in [-0.25, -0.2) is 8.78 Å². The van der Waals surface area contributed by atoms with Crippen molar-refractivity contribution < 1.29 is 22.7 Å². The molecule has 0 aliphatic carbocycles. The Morgan fingerprint density at radius 2 is 1.63 bits per heavy atom. The standard InChI is InChI=1S/C37H37ClF2N2O2.CH3F/c1-7-13-34(29-15-9-10-17-31(29)37(5,39)40)42-36(43)26-20-21-28(30(22-26)25(4)44-6)35-27(16-12-18-32(35)38)24(3)41-33-19-11-8-14-23(33)2;1-2/h8-12,14-22,34,41H,3-4,7,13H2,1-2,5-6H3,(H,42,43);1H3. The van der Waals surface area contributed by atoms with Crippen molar-refractivity contribution in [3.8, 4) is 11.1 Å². The molecule has 4 nitrogen and oxygen atoms in total. The van der Waals surface area contributed by atoms with Crippen molar-refractivity contribution in [2.24, 2.45) is 0 Å². The van der Waals surface area contributed by atoms with Gasteiger partial charge in [-0.1, -0.05) is 98.8 Å². The number of carbonyl (C=O) groups excluding carboxylic acids is 1. The third-order valence-electron chi connectivity index (χ3n) is 7.56. The molecule has 0 heterocycles. The second kappa shape index (κ2) is 16.2. The molecule has 0 bridgehead atoms. The highest BCUT2D eigenvalue weighted by atomic mass is 35.5. The van der Waals surface area contributed by atoms with Crippen molar-refractivity contribution in [1.29, 1.82) is 0 Å². The van der Waals surface area contributed by atoms with Crippen molar-refractivity contribution in [3.05, 3.63) is 136 Å². The van der Waals surface area contributed by atoms with E-state index in [-0.39, 0.29) is 5.56 Å². The summed E-state index contributed by atoms with van der Waals surface area (Å²) in [6.45, 7) is 13.2. The fourth-order valence-corrected chi connectivity index (χ4v) is 5.55. The van der Waals surface area contributed by atoms with E-state index in [1.165, 1.54) is 13.2 Å². The number of alkyl halides is 3. The zero-order chi connectivity index (χ0) is 34.0. The van der Waals surface area contributed by atoms with Gasteiger partial charge < -0.3 is 15.4 Å². The van der Waals surface area contributed by atoms with Gasteiger partial charge in [0.2, 0.25) is 0 Å². The van der Waals surface area contributed by atoms with Crippen molar-refractivity contribution >= 4 is 34.7 Å². The third-order valence-corrected chi connectivity index (χ3v) is 7.87. The smallest absolute Gasteiger partial charge is 0.270 e. The molecule has 4 aromatic rings. The number of ether oxygens (including phenoxy) is 1. The first-order chi connectivity index (χ1) is 22.0. The predicted molar refractivity (Wildman–Crippen MR) is 185 cm³/mol. The molecule has 1 unspecified atom stereocenters. The maximum Gasteiger partial charge on any atom is 0.270 e. The summed E-state index contributed by atoms with van der Waals surface area (Å²) < 4.78 is 44.0. The van der Waals surface area contributed by atoms with Gasteiger partial charge in [0.1, 0.15) is 5.76 Å². The Kier molecular flexibility index (Phi) is 12.7. The molecule has 0 spiro atoms. The van der Waals surface area contributed by atoms with E-state index in [1.807, 2.05) is 50.2 Å². The van der Waals surface area contributed by atoms with E-state index in [1.54, 1.807) is 42.5 Å². The minimum Gasteiger partial charge on any atom is -0.497 e. The van der Waals surface area contributed by atoms with Crippen molar-refractivity contribution in [1.82, 2.24) is 5.32 Å². The lowest BCUT2D eigenvalue weighted by Crippen LogP contribution is -2.30. The number of anilines is 1. The number of methoxy groups -OCH3 is 1. The summed E-state index contributed by atoms with van der Waals surface area (Å²) in [7, 11) is 2.00. The van der Waals surface area contributed by atoms with E-state index in [9.17, 15) is 18.0 Å². The fraction of sp³-hybridized carbons (Fsp3) is 0.237. The van der Waals surface area contributed by atoms with Crippen LogP contribution in [0.4, 0.5) is 18.9 Å². The van der Waals surface area contributed by atoms with Crippen molar-refractivity contribution in [3.63, 3.8) is 0 Å². The van der Waals surface area contributed by atoms with Crippen LogP contribution in [0.5, 0.6) is 0 Å². The van der Waals surface area contributed by atoms with Crippen molar-refractivity contribution in [2.45, 2.75) is 45.6 Å². The highest BCUT2D eigenvalue weighted by Gasteiger charge is 2.30. The van der Waals surface area contributed by atoms with Gasteiger partial charge in [-0.2, -0.15) is 0 Å². The van der Waals surface area contributed by atoms with Crippen molar-refractivity contribution in [2.75, 3.05) is 19.6 Å². The molecule has 0 saturated heterocycles. The molecule has 4 rings (SSSR count). The van der Waals surface area contributed by atoms with E-state index in [4.69, 9.17) is 16.3 Å². The number of amides is 1. The maximum absolute atomic E-state index is 14.5. The molecule has 0 aromatic heterocycles. The molecule has 242 valence electrons. The molecule has 2 N–H and O–H groups in total. The molecule has 1 amide bonds. The molecule has 0 aliphatic rings. The molecule has 0 fully saturated rings. The molecule has 0 aliphatic heterocycles. The minimum absolute atomic E-state index is 0.103. The molecule has 1 atom stereocenters. The number of halogens is 4. The van der Waals surface area contributed by atoms with Gasteiger partial charge in [0.05, 0.1) is 20.3 Å². The van der Waals surface area contributed by atoms with Gasteiger partial charge in [-0.05, 0) is 54.3 Å². The van der Waals surface area contributed by atoms with Gasteiger partial charge in [0.15, 0.2) is 0 Å².